The normalized spacial score (nSPS) is 11.2. The molecular formula is C21H19NO5. The lowest BCUT2D eigenvalue weighted by molar-refractivity contribution is 0.0505. The first-order valence-corrected chi connectivity index (χ1v) is 8.58. The van der Waals surface area contributed by atoms with Gasteiger partial charge in [0.15, 0.2) is 0 Å². The van der Waals surface area contributed by atoms with Crippen LogP contribution in [-0.2, 0) is 4.74 Å². The van der Waals surface area contributed by atoms with E-state index in [1.807, 2.05) is 6.92 Å². The molecule has 0 aliphatic carbocycles. The Labute approximate surface area is 155 Å². The van der Waals surface area contributed by atoms with Gasteiger partial charge in [-0.25, -0.2) is 9.59 Å². The number of carbonyl (C=O) groups is 1. The highest BCUT2D eigenvalue weighted by atomic mass is 16.5. The maximum atomic E-state index is 12.2. The molecule has 1 heterocycles. The van der Waals surface area contributed by atoms with E-state index in [4.69, 9.17) is 9.15 Å². The second kappa shape index (κ2) is 7.86. The van der Waals surface area contributed by atoms with Crippen molar-refractivity contribution >= 4 is 28.8 Å². The molecule has 0 aliphatic heterocycles. The standard InChI is InChI=1S/C21H19NO5/c1-3-11-26-20(24)14-7-9-15(10-8-14)22-12-17-18(23)16-6-4-5-13(2)19(16)27-21(17)25/h4-10,12,23H,3,11H2,1-2H3. The number of carbonyl (C=O) groups excluding carboxylic acids is 1. The number of nitrogens with zero attached hydrogens (tertiary/aromatic N) is 1. The summed E-state index contributed by atoms with van der Waals surface area (Å²) in [5.41, 5.74) is 1.36. The van der Waals surface area contributed by atoms with E-state index in [-0.39, 0.29) is 11.3 Å². The van der Waals surface area contributed by atoms with Gasteiger partial charge in [-0.05, 0) is 49.2 Å². The summed E-state index contributed by atoms with van der Waals surface area (Å²) in [4.78, 5) is 28.2. The van der Waals surface area contributed by atoms with Gasteiger partial charge >= 0.3 is 11.6 Å². The van der Waals surface area contributed by atoms with Crippen LogP contribution in [0.5, 0.6) is 5.75 Å². The fourth-order valence-corrected chi connectivity index (χ4v) is 2.58. The lowest BCUT2D eigenvalue weighted by Crippen LogP contribution is -2.07. The van der Waals surface area contributed by atoms with Crippen molar-refractivity contribution in [2.24, 2.45) is 4.99 Å². The van der Waals surface area contributed by atoms with Crippen LogP contribution < -0.4 is 5.63 Å². The van der Waals surface area contributed by atoms with E-state index in [1.165, 1.54) is 6.21 Å². The Morgan fingerprint density at radius 2 is 1.96 bits per heavy atom. The molecule has 0 radical (unpaired) electrons. The van der Waals surface area contributed by atoms with Gasteiger partial charge in [-0.1, -0.05) is 19.1 Å². The van der Waals surface area contributed by atoms with Crippen LogP contribution >= 0.6 is 0 Å². The molecule has 1 aromatic heterocycles. The summed E-state index contributed by atoms with van der Waals surface area (Å²) in [7, 11) is 0. The summed E-state index contributed by atoms with van der Waals surface area (Å²) in [5.74, 6) is -0.566. The second-order valence-corrected chi connectivity index (χ2v) is 6.04. The predicted molar refractivity (Wildman–Crippen MR) is 103 cm³/mol. The van der Waals surface area contributed by atoms with Crippen molar-refractivity contribution in [1.29, 1.82) is 0 Å². The number of rotatable bonds is 5. The van der Waals surface area contributed by atoms with Gasteiger partial charge in [-0.3, -0.25) is 4.99 Å². The number of para-hydroxylation sites is 1. The minimum atomic E-state index is -0.669. The molecule has 6 heteroatoms. The van der Waals surface area contributed by atoms with E-state index in [0.717, 1.165) is 12.0 Å². The highest BCUT2D eigenvalue weighted by molar-refractivity contribution is 5.95. The molecule has 3 aromatic rings. The zero-order valence-electron chi connectivity index (χ0n) is 15.1. The van der Waals surface area contributed by atoms with Crippen LogP contribution in [0.25, 0.3) is 11.0 Å². The number of hydrogen-bond acceptors (Lipinski definition) is 6. The fraction of sp³-hybridized carbons (Fsp3) is 0.190. The van der Waals surface area contributed by atoms with Crippen molar-refractivity contribution in [3.05, 3.63) is 69.6 Å². The molecule has 0 saturated carbocycles. The van der Waals surface area contributed by atoms with Crippen LogP contribution in [0.3, 0.4) is 0 Å². The molecule has 0 fully saturated rings. The first-order valence-electron chi connectivity index (χ1n) is 8.58. The summed E-state index contributed by atoms with van der Waals surface area (Å²) in [6.07, 6.45) is 2.01. The molecule has 0 saturated heterocycles. The topological polar surface area (TPSA) is 89.1 Å². The smallest absolute Gasteiger partial charge is 0.348 e. The SMILES string of the molecule is CCCOC(=O)c1ccc(N=Cc2c(O)c3cccc(C)c3oc2=O)cc1. The van der Waals surface area contributed by atoms with Crippen LogP contribution in [0.4, 0.5) is 5.69 Å². The Balaban J connectivity index is 1.88. The van der Waals surface area contributed by atoms with Gasteiger partial charge < -0.3 is 14.3 Å². The molecule has 1 N–H and O–H groups in total. The first kappa shape index (κ1) is 18.4. The number of hydrogen-bond donors (Lipinski definition) is 1. The monoisotopic (exact) mass is 365 g/mol. The van der Waals surface area contributed by atoms with Gasteiger partial charge in [0, 0.05) is 6.21 Å². The molecule has 27 heavy (non-hydrogen) atoms. The van der Waals surface area contributed by atoms with Gasteiger partial charge in [0.05, 0.1) is 23.2 Å². The fourth-order valence-electron chi connectivity index (χ4n) is 2.58. The third-order valence-electron chi connectivity index (χ3n) is 4.02. The van der Waals surface area contributed by atoms with Crippen LogP contribution in [-0.4, -0.2) is 23.9 Å². The Morgan fingerprint density at radius 3 is 2.67 bits per heavy atom. The molecule has 0 atom stereocenters. The Kier molecular flexibility index (Phi) is 5.35. The van der Waals surface area contributed by atoms with E-state index in [2.05, 4.69) is 4.99 Å². The molecule has 2 aromatic carbocycles. The molecule has 6 nitrogen and oxygen atoms in total. The van der Waals surface area contributed by atoms with Gasteiger partial charge in [0.25, 0.3) is 0 Å². The highest BCUT2D eigenvalue weighted by Crippen LogP contribution is 2.27. The lowest BCUT2D eigenvalue weighted by atomic mass is 10.1. The van der Waals surface area contributed by atoms with E-state index < -0.39 is 11.6 Å². The van der Waals surface area contributed by atoms with Gasteiger partial charge in [0.1, 0.15) is 16.9 Å². The van der Waals surface area contributed by atoms with Crippen molar-refractivity contribution in [3.8, 4) is 5.75 Å². The average molecular weight is 365 g/mol. The first-order chi connectivity index (χ1) is 13.0. The van der Waals surface area contributed by atoms with Crippen LogP contribution in [0.15, 0.2) is 56.7 Å². The van der Waals surface area contributed by atoms with Crippen LogP contribution in [0, 0.1) is 6.92 Å². The van der Waals surface area contributed by atoms with E-state index in [0.29, 0.717) is 28.8 Å². The molecule has 138 valence electrons. The van der Waals surface area contributed by atoms with Crippen molar-refractivity contribution < 1.29 is 19.1 Å². The van der Waals surface area contributed by atoms with E-state index in [9.17, 15) is 14.7 Å². The average Bonchev–Trinajstić information content (AvgIpc) is 2.67. The van der Waals surface area contributed by atoms with E-state index >= 15 is 0 Å². The third kappa shape index (κ3) is 3.89. The second-order valence-electron chi connectivity index (χ2n) is 6.04. The number of fused-ring (bicyclic) bond motifs is 1. The lowest BCUT2D eigenvalue weighted by Gasteiger charge is -2.05. The van der Waals surface area contributed by atoms with Gasteiger partial charge in [-0.15, -0.1) is 0 Å². The molecule has 0 aliphatic rings. The summed E-state index contributed by atoms with van der Waals surface area (Å²) >= 11 is 0. The molecule has 0 spiro atoms. The number of aromatic hydroxyl groups is 1. The quantitative estimate of drug-likeness (QED) is 0.417. The Hall–Kier alpha value is -3.41. The molecule has 3 rings (SSSR count). The van der Waals surface area contributed by atoms with Gasteiger partial charge in [0.2, 0.25) is 0 Å². The van der Waals surface area contributed by atoms with Crippen molar-refractivity contribution in [2.75, 3.05) is 6.61 Å². The van der Waals surface area contributed by atoms with Crippen molar-refractivity contribution in [3.63, 3.8) is 0 Å². The Morgan fingerprint density at radius 1 is 1.22 bits per heavy atom. The predicted octanol–water partition coefficient (Wildman–Crippen LogP) is 4.12. The maximum absolute atomic E-state index is 12.2. The molecular weight excluding hydrogens is 346 g/mol. The summed E-state index contributed by atoms with van der Waals surface area (Å²) < 4.78 is 10.4. The summed E-state index contributed by atoms with van der Waals surface area (Å²) in [6, 6.07) is 11.7. The molecule has 0 amide bonds. The molecule has 0 bridgehead atoms. The van der Waals surface area contributed by atoms with Crippen molar-refractivity contribution in [1.82, 2.24) is 0 Å². The van der Waals surface area contributed by atoms with Crippen LogP contribution in [0.2, 0.25) is 0 Å². The Bertz CT molecular complexity index is 1060. The van der Waals surface area contributed by atoms with Crippen molar-refractivity contribution in [2.45, 2.75) is 20.3 Å². The number of benzene rings is 2. The maximum Gasteiger partial charge on any atom is 0.348 e. The summed E-state index contributed by atoms with van der Waals surface area (Å²) in [6.45, 7) is 4.09. The number of ether oxygens (including phenoxy) is 1. The largest absolute Gasteiger partial charge is 0.506 e. The highest BCUT2D eigenvalue weighted by Gasteiger charge is 2.13. The third-order valence-corrected chi connectivity index (χ3v) is 4.02. The molecule has 0 unspecified atom stereocenters. The minimum Gasteiger partial charge on any atom is -0.506 e. The minimum absolute atomic E-state index is 0.0282. The van der Waals surface area contributed by atoms with Crippen LogP contribution in [0.1, 0.15) is 34.8 Å². The zero-order valence-corrected chi connectivity index (χ0v) is 15.1. The van der Waals surface area contributed by atoms with Gasteiger partial charge in [-0.2, -0.15) is 0 Å². The number of aryl methyl sites for hydroxylation is 1. The summed E-state index contributed by atoms with van der Waals surface area (Å²) in [5, 5.41) is 10.9. The zero-order chi connectivity index (χ0) is 19.4. The number of aliphatic imine (C=N–C) groups is 1. The number of esters is 1. The van der Waals surface area contributed by atoms with E-state index in [1.54, 1.807) is 49.4 Å².